The number of methoxy groups -OCH3 is 1. The van der Waals surface area contributed by atoms with Gasteiger partial charge < -0.3 is 18.9 Å². The van der Waals surface area contributed by atoms with Crippen molar-refractivity contribution in [2.75, 3.05) is 31.8 Å². The van der Waals surface area contributed by atoms with Crippen LogP contribution in [-0.2, 0) is 23.7 Å². The van der Waals surface area contributed by atoms with Gasteiger partial charge >= 0.3 is 6.09 Å². The highest BCUT2D eigenvalue weighted by atomic mass is 32.2. The zero-order valence-corrected chi connectivity index (χ0v) is 18.5. The summed E-state index contributed by atoms with van der Waals surface area (Å²) in [5, 5.41) is 0. The minimum absolute atomic E-state index is 0.0188. The second-order valence-electron chi connectivity index (χ2n) is 8.90. The van der Waals surface area contributed by atoms with Crippen LogP contribution in [0.5, 0.6) is 0 Å². The first-order chi connectivity index (χ1) is 13.8. The Morgan fingerprint density at radius 2 is 2.17 bits per heavy atom. The van der Waals surface area contributed by atoms with Gasteiger partial charge in [0.15, 0.2) is 0 Å². The Kier molecular flexibility index (Phi) is 5.74. The van der Waals surface area contributed by atoms with E-state index in [-0.39, 0.29) is 35.2 Å². The van der Waals surface area contributed by atoms with Gasteiger partial charge in [-0.2, -0.15) is 11.8 Å². The number of hydrogen-bond donors (Lipinski definition) is 0. The van der Waals surface area contributed by atoms with E-state index in [4.69, 9.17) is 18.9 Å². The molecule has 29 heavy (non-hydrogen) atoms. The molecule has 2 amide bonds. The maximum absolute atomic E-state index is 12.7. The fourth-order valence-corrected chi connectivity index (χ4v) is 5.76. The number of nitrogens with zero attached hydrogens (tertiary/aromatic N) is 1. The first kappa shape index (κ1) is 21.2. The van der Waals surface area contributed by atoms with Gasteiger partial charge in [0.2, 0.25) is 5.91 Å². The first-order valence-corrected chi connectivity index (χ1v) is 11.5. The van der Waals surface area contributed by atoms with Gasteiger partial charge in [-0.3, -0.25) is 4.79 Å². The number of imide groups is 1. The van der Waals surface area contributed by atoms with Crippen LogP contribution in [0.2, 0.25) is 0 Å². The fraction of sp³-hybridized carbons (Fsp3) is 0.810. The van der Waals surface area contributed by atoms with Crippen LogP contribution < -0.4 is 0 Å². The van der Waals surface area contributed by atoms with E-state index >= 15 is 0 Å². The molecule has 4 rings (SSSR count). The quantitative estimate of drug-likeness (QED) is 0.495. The standard InChI is InChI=1S/C21H31NO6S/c1-13(2)5-6-15-20(3,28-15)18-17(25-4)14(7-8-21(18)12-26-21)27-19(24)22-9-10-29-11-16(22)23/h5,14-15,17-18H,6-12H2,1-4H3. The van der Waals surface area contributed by atoms with Gasteiger partial charge in [-0.1, -0.05) is 11.6 Å². The number of allylic oxidation sites excluding steroid dienone is 1. The van der Waals surface area contributed by atoms with Crippen LogP contribution in [0, 0.1) is 5.92 Å². The minimum Gasteiger partial charge on any atom is -0.443 e. The molecule has 4 fully saturated rings. The van der Waals surface area contributed by atoms with E-state index in [1.54, 1.807) is 18.9 Å². The molecule has 0 radical (unpaired) electrons. The van der Waals surface area contributed by atoms with Crippen molar-refractivity contribution in [1.29, 1.82) is 0 Å². The van der Waals surface area contributed by atoms with Gasteiger partial charge in [0.25, 0.3) is 0 Å². The highest BCUT2D eigenvalue weighted by Crippen LogP contribution is 2.59. The Morgan fingerprint density at radius 3 is 2.79 bits per heavy atom. The Hall–Kier alpha value is -1.09. The molecule has 8 heteroatoms. The van der Waals surface area contributed by atoms with Crippen molar-refractivity contribution < 1.29 is 28.5 Å². The molecule has 0 aromatic heterocycles. The zero-order chi connectivity index (χ0) is 20.8. The number of rotatable bonds is 5. The van der Waals surface area contributed by atoms with Crippen LogP contribution in [0.15, 0.2) is 11.6 Å². The molecule has 3 aliphatic heterocycles. The summed E-state index contributed by atoms with van der Waals surface area (Å²) in [7, 11) is 1.65. The minimum atomic E-state index is -0.559. The number of thioether (sulfide) groups is 1. The molecule has 4 aliphatic rings. The number of hydrogen-bond acceptors (Lipinski definition) is 7. The molecule has 162 valence electrons. The van der Waals surface area contributed by atoms with E-state index in [1.807, 2.05) is 0 Å². The Morgan fingerprint density at radius 1 is 1.41 bits per heavy atom. The van der Waals surface area contributed by atoms with Crippen LogP contribution in [0.4, 0.5) is 4.79 Å². The molecule has 1 aliphatic carbocycles. The number of ether oxygens (including phenoxy) is 4. The molecule has 0 aromatic rings. The van der Waals surface area contributed by atoms with Crippen molar-refractivity contribution in [3.8, 4) is 0 Å². The second kappa shape index (κ2) is 7.87. The summed E-state index contributed by atoms with van der Waals surface area (Å²) in [6, 6.07) is 0. The SMILES string of the molecule is COC1C(OC(=O)N2CCSCC2=O)CCC2(CO2)C1C1(C)OC1CC=C(C)C. The van der Waals surface area contributed by atoms with Crippen LogP contribution in [0.25, 0.3) is 0 Å². The number of amides is 2. The van der Waals surface area contributed by atoms with E-state index in [9.17, 15) is 9.59 Å². The monoisotopic (exact) mass is 425 g/mol. The predicted octanol–water partition coefficient (Wildman–Crippen LogP) is 2.77. The Bertz CT molecular complexity index is 703. The zero-order valence-electron chi connectivity index (χ0n) is 17.6. The van der Waals surface area contributed by atoms with Crippen LogP contribution >= 0.6 is 11.8 Å². The van der Waals surface area contributed by atoms with E-state index in [1.165, 1.54) is 10.5 Å². The maximum atomic E-state index is 12.7. The van der Waals surface area contributed by atoms with Crippen molar-refractivity contribution in [2.45, 2.75) is 69.5 Å². The number of carbonyl (C=O) groups excluding carboxylic acids is 2. The van der Waals surface area contributed by atoms with E-state index in [2.05, 4.69) is 26.8 Å². The van der Waals surface area contributed by atoms with Crippen LogP contribution in [0.1, 0.15) is 40.0 Å². The molecule has 6 unspecified atom stereocenters. The van der Waals surface area contributed by atoms with Gasteiger partial charge in [-0.05, 0) is 40.0 Å². The lowest BCUT2D eigenvalue weighted by atomic mass is 9.68. The van der Waals surface area contributed by atoms with Crippen molar-refractivity contribution in [2.24, 2.45) is 5.92 Å². The maximum Gasteiger partial charge on any atom is 0.416 e. The summed E-state index contributed by atoms with van der Waals surface area (Å²) in [5.41, 5.74) is 0.643. The van der Waals surface area contributed by atoms with Gasteiger partial charge in [0.05, 0.1) is 24.4 Å². The van der Waals surface area contributed by atoms with Crippen molar-refractivity contribution in [1.82, 2.24) is 4.90 Å². The third kappa shape index (κ3) is 3.96. The average Bonchev–Trinajstić information content (AvgIpc) is 3.59. The highest BCUT2D eigenvalue weighted by molar-refractivity contribution is 8.00. The molecule has 0 bridgehead atoms. The highest BCUT2D eigenvalue weighted by Gasteiger charge is 2.72. The summed E-state index contributed by atoms with van der Waals surface area (Å²) in [6.45, 7) is 7.37. The molecule has 3 heterocycles. The van der Waals surface area contributed by atoms with Crippen molar-refractivity contribution >= 4 is 23.8 Å². The number of carbonyl (C=O) groups is 2. The van der Waals surface area contributed by atoms with Gasteiger partial charge in [-0.15, -0.1) is 0 Å². The average molecular weight is 426 g/mol. The third-order valence-corrected chi connectivity index (χ3v) is 7.62. The molecule has 1 spiro atoms. The first-order valence-electron chi connectivity index (χ1n) is 10.4. The Labute approximate surface area is 176 Å². The van der Waals surface area contributed by atoms with Gasteiger partial charge in [-0.25, -0.2) is 9.69 Å². The van der Waals surface area contributed by atoms with Gasteiger partial charge in [0, 0.05) is 19.4 Å². The normalized spacial score (nSPS) is 41.2. The molecule has 1 saturated carbocycles. The molecule has 0 N–H and O–H groups in total. The molecular formula is C21H31NO6S. The molecule has 7 nitrogen and oxygen atoms in total. The van der Waals surface area contributed by atoms with Crippen LogP contribution in [0.3, 0.4) is 0 Å². The summed E-state index contributed by atoms with van der Waals surface area (Å²) < 4.78 is 23.8. The summed E-state index contributed by atoms with van der Waals surface area (Å²) in [5.74, 6) is 0.866. The lowest BCUT2D eigenvalue weighted by Crippen LogP contribution is -2.56. The molecule has 0 aromatic carbocycles. The predicted molar refractivity (Wildman–Crippen MR) is 109 cm³/mol. The molecule has 3 saturated heterocycles. The topological polar surface area (TPSA) is 80.9 Å². The van der Waals surface area contributed by atoms with E-state index < -0.39 is 12.2 Å². The number of epoxide rings is 2. The summed E-state index contributed by atoms with van der Waals surface area (Å²) in [6.07, 6.45) is 3.31. The van der Waals surface area contributed by atoms with Crippen molar-refractivity contribution in [3.63, 3.8) is 0 Å². The third-order valence-electron chi connectivity index (χ3n) is 6.70. The van der Waals surface area contributed by atoms with E-state index in [0.29, 0.717) is 25.3 Å². The Balaban J connectivity index is 1.49. The van der Waals surface area contributed by atoms with Gasteiger partial charge in [0.1, 0.15) is 23.4 Å². The largest absolute Gasteiger partial charge is 0.443 e. The second-order valence-corrected chi connectivity index (χ2v) is 10.0. The molecule has 6 atom stereocenters. The lowest BCUT2D eigenvalue weighted by Gasteiger charge is -2.43. The molecular weight excluding hydrogens is 394 g/mol. The van der Waals surface area contributed by atoms with Crippen molar-refractivity contribution in [3.05, 3.63) is 11.6 Å². The lowest BCUT2D eigenvalue weighted by molar-refractivity contribution is -0.134. The summed E-state index contributed by atoms with van der Waals surface area (Å²) >= 11 is 1.54. The van der Waals surface area contributed by atoms with Crippen LogP contribution in [-0.4, -0.2) is 78.2 Å². The summed E-state index contributed by atoms with van der Waals surface area (Å²) in [4.78, 5) is 26.0. The van der Waals surface area contributed by atoms with E-state index in [0.717, 1.165) is 18.6 Å². The fourth-order valence-electron chi connectivity index (χ4n) is 4.97. The smallest absolute Gasteiger partial charge is 0.416 e.